The van der Waals surface area contributed by atoms with Gasteiger partial charge >= 0.3 is 5.97 Å². The predicted octanol–water partition coefficient (Wildman–Crippen LogP) is 8.78. The van der Waals surface area contributed by atoms with Gasteiger partial charge in [-0.2, -0.15) is 0 Å². The van der Waals surface area contributed by atoms with Gasteiger partial charge < -0.3 is 15.0 Å². The lowest BCUT2D eigenvalue weighted by Crippen LogP contribution is -2.44. The summed E-state index contributed by atoms with van der Waals surface area (Å²) in [7, 11) is 0. The van der Waals surface area contributed by atoms with Crippen LogP contribution < -0.4 is 5.32 Å². The molecule has 2 fully saturated rings. The summed E-state index contributed by atoms with van der Waals surface area (Å²) in [4.78, 5) is 24.8. The van der Waals surface area contributed by atoms with Crippen LogP contribution in [0.5, 0.6) is 0 Å². The molecule has 2 aromatic carbocycles. The Bertz CT molecular complexity index is 1510. The number of aromatic nitrogens is 1. The summed E-state index contributed by atoms with van der Waals surface area (Å²) in [5.41, 5.74) is 1.79. The first-order chi connectivity index (χ1) is 20.9. The zero-order valence-electron chi connectivity index (χ0n) is 26.3. The number of halogens is 1. The normalized spacial score (nSPS) is 27.1. The first kappa shape index (κ1) is 32.3. The molecule has 3 aromatic rings. The number of benzene rings is 2. The van der Waals surface area contributed by atoms with Crippen LogP contribution in [-0.4, -0.2) is 32.4 Å². The molecule has 0 bridgehead atoms. The fraction of sp³-hybridized carbons (Fsp3) is 0.474. The van der Waals surface area contributed by atoms with Crippen LogP contribution in [0.2, 0.25) is 0 Å². The molecule has 1 aromatic heterocycles. The van der Waals surface area contributed by atoms with Gasteiger partial charge in [0.1, 0.15) is 4.32 Å². The van der Waals surface area contributed by atoms with Crippen molar-refractivity contribution >= 4 is 49.6 Å². The van der Waals surface area contributed by atoms with Gasteiger partial charge in [-0.15, -0.1) is 13.2 Å². The van der Waals surface area contributed by atoms with E-state index in [-0.39, 0.29) is 12.3 Å². The minimum absolute atomic E-state index is 0.105. The average molecular weight is 660 g/mol. The second-order valence-electron chi connectivity index (χ2n) is 14.1. The average Bonchev–Trinajstić information content (AvgIpc) is 3.68. The van der Waals surface area contributed by atoms with Crippen molar-refractivity contribution < 1.29 is 14.7 Å². The third-order valence-electron chi connectivity index (χ3n) is 10.3. The molecular formula is C38H47BrN2O3. The fourth-order valence-corrected chi connectivity index (χ4v) is 8.61. The van der Waals surface area contributed by atoms with Crippen molar-refractivity contribution in [2.24, 2.45) is 40.9 Å². The van der Waals surface area contributed by atoms with E-state index in [1.807, 2.05) is 13.8 Å². The van der Waals surface area contributed by atoms with E-state index in [1.165, 1.54) is 21.8 Å². The number of allylic oxidation sites excluding steroid dienone is 4. The number of aliphatic carboxylic acids is 1. The smallest absolute Gasteiger partial charge is 0.320 e. The zero-order chi connectivity index (χ0) is 31.6. The first-order valence-electron chi connectivity index (χ1n) is 16.0. The van der Waals surface area contributed by atoms with Crippen LogP contribution in [0.1, 0.15) is 52.9 Å². The van der Waals surface area contributed by atoms with Crippen molar-refractivity contribution in [1.82, 2.24) is 9.88 Å². The van der Waals surface area contributed by atoms with Crippen molar-refractivity contribution in [3.8, 4) is 0 Å². The summed E-state index contributed by atoms with van der Waals surface area (Å²) in [6.07, 6.45) is 13.6. The van der Waals surface area contributed by atoms with Gasteiger partial charge in [0.25, 0.3) is 0 Å². The van der Waals surface area contributed by atoms with Gasteiger partial charge in [0.15, 0.2) is 0 Å². The molecule has 5 nitrogen and oxygen atoms in total. The van der Waals surface area contributed by atoms with Gasteiger partial charge in [-0.1, -0.05) is 90.5 Å². The van der Waals surface area contributed by atoms with E-state index in [1.54, 1.807) is 6.92 Å². The molecule has 7 unspecified atom stereocenters. The molecular weight excluding hydrogens is 612 g/mol. The SMILES string of the molecule is C=CC1CC(/C=C\C2CC(C=C)C(Cn3c4ccccc4c4ccccc43)C2)C(CNC(=O)C(C)(C)CC(C)(Br)C(=O)O)C1. The molecule has 2 saturated carbocycles. The van der Waals surface area contributed by atoms with Crippen LogP contribution in [0.15, 0.2) is 86.0 Å². The molecule has 0 radical (unpaired) electrons. The molecule has 2 N–H and O–H groups in total. The fourth-order valence-electron chi connectivity index (χ4n) is 7.91. The summed E-state index contributed by atoms with van der Waals surface area (Å²) in [6.45, 7) is 15.1. The van der Waals surface area contributed by atoms with E-state index in [9.17, 15) is 14.7 Å². The molecule has 6 heteroatoms. The van der Waals surface area contributed by atoms with Crippen molar-refractivity contribution in [3.63, 3.8) is 0 Å². The van der Waals surface area contributed by atoms with Crippen molar-refractivity contribution in [2.75, 3.05) is 6.54 Å². The highest BCUT2D eigenvalue weighted by Gasteiger charge is 2.41. The van der Waals surface area contributed by atoms with E-state index < -0.39 is 15.7 Å². The number of carbonyl (C=O) groups excluding carboxylic acids is 1. The second kappa shape index (κ2) is 13.1. The number of hydrogen-bond donors (Lipinski definition) is 2. The molecule has 0 spiro atoms. The van der Waals surface area contributed by atoms with Crippen LogP contribution >= 0.6 is 15.9 Å². The minimum atomic E-state index is -1.15. The van der Waals surface area contributed by atoms with Crippen LogP contribution in [-0.2, 0) is 16.1 Å². The number of amides is 1. The molecule has 0 saturated heterocycles. The molecule has 1 amide bonds. The largest absolute Gasteiger partial charge is 0.480 e. The lowest BCUT2D eigenvalue weighted by atomic mass is 9.82. The predicted molar refractivity (Wildman–Crippen MR) is 185 cm³/mol. The number of hydrogen-bond acceptors (Lipinski definition) is 2. The first-order valence-corrected chi connectivity index (χ1v) is 16.8. The molecule has 0 aliphatic heterocycles. The van der Waals surface area contributed by atoms with Gasteiger partial charge in [0.2, 0.25) is 5.91 Å². The number of nitrogens with zero attached hydrogens (tertiary/aromatic N) is 1. The summed E-state index contributed by atoms with van der Waals surface area (Å²) < 4.78 is 1.36. The molecule has 2 aliphatic rings. The summed E-state index contributed by atoms with van der Waals surface area (Å²) in [6, 6.07) is 17.5. The standard InChI is InChI=1S/C38H47BrN2O3/c1-6-25-18-28(29(19-25)22-40-35(42)37(3,4)24-38(5,39)36(43)44)17-16-26-20-27(7-2)30(21-26)23-41-33-14-10-8-12-31(33)32-13-9-11-15-34(32)41/h6-17,25-30H,1-2,18-24H2,3-5H3,(H,40,42)(H,43,44)/b17-16-. The highest BCUT2D eigenvalue weighted by molar-refractivity contribution is 9.10. The molecule has 5 rings (SSSR count). The number of rotatable bonds is 12. The Morgan fingerprint density at radius 3 is 2.07 bits per heavy atom. The van der Waals surface area contributed by atoms with Crippen molar-refractivity contribution in [3.05, 3.63) is 86.0 Å². The number of carboxylic acids is 1. The Morgan fingerprint density at radius 2 is 1.48 bits per heavy atom. The number of carbonyl (C=O) groups is 2. The maximum absolute atomic E-state index is 13.2. The van der Waals surface area contributed by atoms with Crippen LogP contribution in [0.25, 0.3) is 21.8 Å². The van der Waals surface area contributed by atoms with Crippen LogP contribution in [0, 0.1) is 40.9 Å². The Hall–Kier alpha value is -3.12. The summed E-state index contributed by atoms with van der Waals surface area (Å²) in [5.74, 6) is 1.56. The highest BCUT2D eigenvalue weighted by Crippen LogP contribution is 2.43. The number of alkyl halides is 1. The van der Waals surface area contributed by atoms with Gasteiger partial charge in [-0.25, -0.2) is 0 Å². The van der Waals surface area contributed by atoms with Crippen LogP contribution in [0.3, 0.4) is 0 Å². The highest BCUT2D eigenvalue weighted by atomic mass is 79.9. The van der Waals surface area contributed by atoms with E-state index >= 15 is 0 Å². The number of para-hydroxylation sites is 2. The monoisotopic (exact) mass is 658 g/mol. The van der Waals surface area contributed by atoms with Gasteiger partial charge in [0.05, 0.1) is 0 Å². The van der Waals surface area contributed by atoms with Crippen molar-refractivity contribution in [2.45, 2.75) is 63.7 Å². The molecule has 234 valence electrons. The Morgan fingerprint density at radius 1 is 0.886 bits per heavy atom. The van der Waals surface area contributed by atoms with Gasteiger partial charge in [-0.05, 0) is 86.7 Å². The van der Waals surface area contributed by atoms with Crippen molar-refractivity contribution in [1.29, 1.82) is 0 Å². The summed E-state index contributed by atoms with van der Waals surface area (Å²) >= 11 is 3.29. The third-order valence-corrected chi connectivity index (χ3v) is 10.9. The van der Waals surface area contributed by atoms with Gasteiger partial charge in [-0.3, -0.25) is 9.59 Å². The molecule has 2 aliphatic carbocycles. The number of nitrogens with one attached hydrogen (secondary N) is 1. The third kappa shape index (κ3) is 6.75. The summed E-state index contributed by atoms with van der Waals surface area (Å²) in [5, 5.41) is 15.3. The Balaban J connectivity index is 1.25. The number of carboxylic acid groups (broad SMARTS) is 1. The lowest BCUT2D eigenvalue weighted by Gasteiger charge is -2.30. The quantitative estimate of drug-likeness (QED) is 0.151. The van der Waals surface area contributed by atoms with Crippen LogP contribution in [0.4, 0.5) is 0 Å². The van der Waals surface area contributed by atoms with E-state index in [2.05, 4.69) is 112 Å². The maximum Gasteiger partial charge on any atom is 0.320 e. The number of fused-ring (bicyclic) bond motifs is 3. The molecule has 7 atom stereocenters. The Labute approximate surface area is 270 Å². The minimum Gasteiger partial charge on any atom is -0.480 e. The molecule has 1 heterocycles. The second-order valence-corrected chi connectivity index (χ2v) is 15.8. The lowest BCUT2D eigenvalue weighted by molar-refractivity contribution is -0.141. The van der Waals surface area contributed by atoms with E-state index in [0.29, 0.717) is 42.1 Å². The van der Waals surface area contributed by atoms with E-state index in [4.69, 9.17) is 0 Å². The Kier molecular flexibility index (Phi) is 9.60. The zero-order valence-corrected chi connectivity index (χ0v) is 27.9. The van der Waals surface area contributed by atoms with Gasteiger partial charge in [0, 0.05) is 40.3 Å². The topological polar surface area (TPSA) is 71.3 Å². The maximum atomic E-state index is 13.2. The molecule has 44 heavy (non-hydrogen) atoms. The van der Waals surface area contributed by atoms with E-state index in [0.717, 1.165) is 32.2 Å².